The molecular weight excluding hydrogens is 348 g/mol. The van der Waals surface area contributed by atoms with Crippen LogP contribution in [0.1, 0.15) is 41.0 Å². The van der Waals surface area contributed by atoms with Gasteiger partial charge in [-0.3, -0.25) is 4.79 Å². The number of nitrogens with zero attached hydrogens (tertiary/aromatic N) is 3. The van der Waals surface area contributed by atoms with Crippen LogP contribution < -0.4 is 5.32 Å². The van der Waals surface area contributed by atoms with E-state index in [9.17, 15) is 4.79 Å². The van der Waals surface area contributed by atoms with Gasteiger partial charge in [-0.25, -0.2) is 4.68 Å². The number of halogens is 1. The van der Waals surface area contributed by atoms with Crippen molar-refractivity contribution >= 4 is 17.5 Å². The highest BCUT2D eigenvalue weighted by atomic mass is 35.5. The molecule has 2 aromatic rings. The van der Waals surface area contributed by atoms with Crippen LogP contribution in [0.3, 0.4) is 0 Å². The van der Waals surface area contributed by atoms with Crippen molar-refractivity contribution in [3.8, 4) is 5.69 Å². The van der Waals surface area contributed by atoms with Gasteiger partial charge in [0.2, 0.25) is 0 Å². The van der Waals surface area contributed by atoms with Gasteiger partial charge in [-0.1, -0.05) is 11.6 Å². The molecule has 1 amide bonds. The number of hydrogen-bond donors (Lipinski definition) is 1. The van der Waals surface area contributed by atoms with Crippen LogP contribution in [0.2, 0.25) is 5.02 Å². The Bertz CT molecular complexity index is 761. The molecule has 6 heteroatoms. The van der Waals surface area contributed by atoms with E-state index in [0.717, 1.165) is 61.0 Å². The number of likely N-dealkylation sites (tertiary alicyclic amines) is 1. The van der Waals surface area contributed by atoms with Crippen LogP contribution in [-0.4, -0.2) is 47.3 Å². The number of rotatable bonds is 5. The van der Waals surface area contributed by atoms with Crippen molar-refractivity contribution in [2.45, 2.75) is 33.1 Å². The Balaban J connectivity index is 1.65. The molecule has 26 heavy (non-hydrogen) atoms. The van der Waals surface area contributed by atoms with Gasteiger partial charge >= 0.3 is 0 Å². The third-order valence-electron chi connectivity index (χ3n) is 5.27. The van der Waals surface area contributed by atoms with Gasteiger partial charge in [0.1, 0.15) is 0 Å². The fourth-order valence-electron chi connectivity index (χ4n) is 3.58. The molecule has 1 aromatic carbocycles. The lowest BCUT2D eigenvalue weighted by Gasteiger charge is -2.32. The maximum atomic E-state index is 12.8. The number of amides is 1. The number of aromatic nitrogens is 2. The fourth-order valence-corrected chi connectivity index (χ4v) is 3.69. The molecule has 2 heterocycles. The first-order valence-electron chi connectivity index (χ1n) is 9.27. The highest BCUT2D eigenvalue weighted by molar-refractivity contribution is 6.31. The second-order valence-electron chi connectivity index (χ2n) is 7.07. The molecule has 1 saturated heterocycles. The van der Waals surface area contributed by atoms with Crippen LogP contribution in [0.25, 0.3) is 5.69 Å². The fraction of sp³-hybridized carbons (Fsp3) is 0.500. The minimum Gasteiger partial charge on any atom is -0.339 e. The smallest absolute Gasteiger partial charge is 0.253 e. The molecule has 5 nitrogen and oxygen atoms in total. The molecule has 0 spiro atoms. The van der Waals surface area contributed by atoms with E-state index in [1.807, 2.05) is 54.7 Å². The molecule has 0 unspecified atom stereocenters. The number of carbonyl (C=O) groups is 1. The lowest BCUT2D eigenvalue weighted by atomic mass is 9.93. The molecule has 0 saturated carbocycles. The zero-order valence-electron chi connectivity index (χ0n) is 15.8. The summed E-state index contributed by atoms with van der Waals surface area (Å²) in [6.07, 6.45) is 3.38. The third-order valence-corrected chi connectivity index (χ3v) is 5.81. The van der Waals surface area contributed by atoms with E-state index in [1.165, 1.54) is 6.42 Å². The van der Waals surface area contributed by atoms with Crippen LogP contribution in [0.4, 0.5) is 0 Å². The average Bonchev–Trinajstić information content (AvgIpc) is 2.94. The van der Waals surface area contributed by atoms with Crippen LogP contribution in [0.5, 0.6) is 0 Å². The van der Waals surface area contributed by atoms with E-state index in [2.05, 4.69) is 10.4 Å². The third kappa shape index (κ3) is 3.94. The summed E-state index contributed by atoms with van der Waals surface area (Å²) in [6, 6.07) is 7.63. The Morgan fingerprint density at radius 2 is 1.88 bits per heavy atom. The van der Waals surface area contributed by atoms with Gasteiger partial charge in [-0.2, -0.15) is 5.10 Å². The zero-order chi connectivity index (χ0) is 18.7. The monoisotopic (exact) mass is 374 g/mol. The van der Waals surface area contributed by atoms with Gasteiger partial charge in [-0.05, 0) is 76.9 Å². The molecule has 3 rings (SSSR count). The van der Waals surface area contributed by atoms with E-state index >= 15 is 0 Å². The van der Waals surface area contributed by atoms with Crippen molar-refractivity contribution in [1.29, 1.82) is 0 Å². The SMILES string of the molecule is CNCCC1CCN(C(=O)c2ccc(-n3nc(C)c(Cl)c3C)cc2)CC1. The summed E-state index contributed by atoms with van der Waals surface area (Å²) in [5, 5.41) is 8.35. The van der Waals surface area contributed by atoms with Crippen molar-refractivity contribution in [2.24, 2.45) is 5.92 Å². The van der Waals surface area contributed by atoms with Crippen LogP contribution >= 0.6 is 11.6 Å². The van der Waals surface area contributed by atoms with Gasteiger partial charge in [-0.15, -0.1) is 0 Å². The Hall–Kier alpha value is -1.85. The van der Waals surface area contributed by atoms with Crippen molar-refractivity contribution in [3.63, 3.8) is 0 Å². The second-order valence-corrected chi connectivity index (χ2v) is 7.45. The molecule has 1 N–H and O–H groups in total. The quantitative estimate of drug-likeness (QED) is 0.869. The molecule has 1 aliphatic heterocycles. The Labute approximate surface area is 160 Å². The molecule has 1 aliphatic rings. The van der Waals surface area contributed by atoms with E-state index < -0.39 is 0 Å². The number of hydrogen-bond acceptors (Lipinski definition) is 3. The summed E-state index contributed by atoms with van der Waals surface area (Å²) in [5.74, 6) is 0.847. The Morgan fingerprint density at radius 1 is 1.23 bits per heavy atom. The minimum absolute atomic E-state index is 0.120. The van der Waals surface area contributed by atoms with Crippen molar-refractivity contribution in [2.75, 3.05) is 26.7 Å². The predicted molar refractivity (Wildman–Crippen MR) is 105 cm³/mol. The van der Waals surface area contributed by atoms with Gasteiger partial charge < -0.3 is 10.2 Å². The minimum atomic E-state index is 0.120. The summed E-state index contributed by atoms with van der Waals surface area (Å²) in [4.78, 5) is 14.7. The summed E-state index contributed by atoms with van der Waals surface area (Å²) in [7, 11) is 1.99. The van der Waals surface area contributed by atoms with Crippen molar-refractivity contribution in [1.82, 2.24) is 20.0 Å². The highest BCUT2D eigenvalue weighted by Gasteiger charge is 2.23. The molecule has 140 valence electrons. The molecule has 0 bridgehead atoms. The zero-order valence-corrected chi connectivity index (χ0v) is 16.5. The number of aryl methyl sites for hydroxylation is 1. The van der Waals surface area contributed by atoms with Crippen molar-refractivity contribution in [3.05, 3.63) is 46.2 Å². The Kier molecular flexibility index (Phi) is 5.99. The van der Waals surface area contributed by atoms with Gasteiger partial charge in [0.15, 0.2) is 0 Å². The second kappa shape index (κ2) is 8.23. The van der Waals surface area contributed by atoms with Gasteiger partial charge in [0, 0.05) is 18.7 Å². The number of nitrogens with one attached hydrogen (secondary N) is 1. The van der Waals surface area contributed by atoms with E-state index in [1.54, 1.807) is 0 Å². The number of piperidine rings is 1. The normalized spacial score (nSPS) is 15.5. The lowest BCUT2D eigenvalue weighted by molar-refractivity contribution is 0.0687. The number of benzene rings is 1. The van der Waals surface area contributed by atoms with E-state index in [4.69, 9.17) is 11.6 Å². The van der Waals surface area contributed by atoms with E-state index in [-0.39, 0.29) is 5.91 Å². The standard InChI is InChI=1S/C20H27ClN4O/c1-14-19(21)15(2)25(23-14)18-6-4-17(5-7-18)20(26)24-12-9-16(10-13-24)8-11-22-3/h4-7,16,22H,8-13H2,1-3H3. The molecule has 0 atom stereocenters. The average molecular weight is 375 g/mol. The molecule has 1 fully saturated rings. The molecule has 1 aromatic heterocycles. The van der Waals surface area contributed by atoms with Crippen LogP contribution in [0.15, 0.2) is 24.3 Å². The maximum Gasteiger partial charge on any atom is 0.253 e. The molecule has 0 aliphatic carbocycles. The first-order valence-corrected chi connectivity index (χ1v) is 9.65. The largest absolute Gasteiger partial charge is 0.339 e. The topological polar surface area (TPSA) is 50.2 Å². The first-order chi connectivity index (χ1) is 12.5. The summed E-state index contributed by atoms with van der Waals surface area (Å²) < 4.78 is 1.82. The van der Waals surface area contributed by atoms with Crippen molar-refractivity contribution < 1.29 is 4.79 Å². The molecule has 0 radical (unpaired) electrons. The maximum absolute atomic E-state index is 12.8. The van der Waals surface area contributed by atoms with Crippen LogP contribution in [-0.2, 0) is 0 Å². The summed E-state index contributed by atoms with van der Waals surface area (Å²) >= 11 is 6.23. The summed E-state index contributed by atoms with van der Waals surface area (Å²) in [5.41, 5.74) is 3.37. The predicted octanol–water partition coefficient (Wildman–Crippen LogP) is 3.60. The highest BCUT2D eigenvalue weighted by Crippen LogP contribution is 2.24. The summed E-state index contributed by atoms with van der Waals surface area (Å²) in [6.45, 7) is 6.59. The first kappa shape index (κ1) is 18.9. The lowest BCUT2D eigenvalue weighted by Crippen LogP contribution is -2.38. The van der Waals surface area contributed by atoms with E-state index in [0.29, 0.717) is 5.02 Å². The number of carbonyl (C=O) groups excluding carboxylic acids is 1. The van der Waals surface area contributed by atoms with Gasteiger partial charge in [0.05, 0.1) is 22.1 Å². The van der Waals surface area contributed by atoms with Gasteiger partial charge in [0.25, 0.3) is 5.91 Å². The Morgan fingerprint density at radius 3 is 2.42 bits per heavy atom. The van der Waals surface area contributed by atoms with Crippen LogP contribution in [0, 0.1) is 19.8 Å². The molecular formula is C20H27ClN4O.